The molecule has 1 saturated carbocycles. The second-order valence-electron chi connectivity index (χ2n) is 5.51. The van der Waals surface area contributed by atoms with Crippen LogP contribution in [0, 0.1) is 0 Å². The standard InChI is InChI=1S/C16H19Cl2N3O2/c17-13-7-4-8-14(18)12(13)10-19-21-16(23)9-15(22)20-11-5-2-1-3-6-11/h4,7-8,10-11H,1-3,5-6,9H2,(H,20,22)(H,21,23)/b19-10-. The maximum atomic E-state index is 11.8. The van der Waals surface area contributed by atoms with Crippen molar-refractivity contribution in [2.45, 2.75) is 44.6 Å². The molecular weight excluding hydrogens is 337 g/mol. The van der Waals surface area contributed by atoms with Gasteiger partial charge in [0.2, 0.25) is 11.8 Å². The molecule has 1 aliphatic carbocycles. The van der Waals surface area contributed by atoms with Gasteiger partial charge in [-0.15, -0.1) is 0 Å². The highest BCUT2D eigenvalue weighted by molar-refractivity contribution is 6.38. The molecule has 0 atom stereocenters. The van der Waals surface area contributed by atoms with Crippen LogP contribution in [0.25, 0.3) is 0 Å². The van der Waals surface area contributed by atoms with Gasteiger partial charge in [0.15, 0.2) is 0 Å². The van der Waals surface area contributed by atoms with Gasteiger partial charge in [0.05, 0.1) is 16.3 Å². The predicted octanol–water partition coefficient (Wildman–Crippen LogP) is 3.28. The minimum atomic E-state index is -0.474. The topological polar surface area (TPSA) is 70.6 Å². The summed E-state index contributed by atoms with van der Waals surface area (Å²) in [5.74, 6) is -0.752. The molecule has 2 rings (SSSR count). The van der Waals surface area contributed by atoms with Gasteiger partial charge in [-0.25, -0.2) is 5.43 Å². The molecule has 23 heavy (non-hydrogen) atoms. The van der Waals surface area contributed by atoms with Crippen LogP contribution in [0.15, 0.2) is 23.3 Å². The largest absolute Gasteiger partial charge is 0.353 e. The molecule has 0 radical (unpaired) electrons. The van der Waals surface area contributed by atoms with Crippen LogP contribution in [-0.4, -0.2) is 24.1 Å². The van der Waals surface area contributed by atoms with Gasteiger partial charge in [-0.3, -0.25) is 9.59 Å². The van der Waals surface area contributed by atoms with E-state index in [1.165, 1.54) is 12.6 Å². The fourth-order valence-electron chi connectivity index (χ4n) is 2.51. The lowest BCUT2D eigenvalue weighted by Gasteiger charge is -2.22. The van der Waals surface area contributed by atoms with Gasteiger partial charge in [0.1, 0.15) is 6.42 Å². The third kappa shape index (κ3) is 5.84. The summed E-state index contributed by atoms with van der Waals surface area (Å²) in [5.41, 5.74) is 2.82. The normalized spacial score (nSPS) is 15.6. The number of halogens is 2. The van der Waals surface area contributed by atoms with Crippen LogP contribution >= 0.6 is 23.2 Å². The Bertz CT molecular complexity index is 579. The SMILES string of the molecule is O=C(CC(=O)NC1CCCCC1)N/N=C\c1c(Cl)cccc1Cl. The molecule has 0 unspecified atom stereocenters. The lowest BCUT2D eigenvalue weighted by Crippen LogP contribution is -2.38. The number of nitrogens with one attached hydrogen (secondary N) is 2. The van der Waals surface area contributed by atoms with E-state index in [2.05, 4.69) is 15.8 Å². The highest BCUT2D eigenvalue weighted by Crippen LogP contribution is 2.22. The number of hydrogen-bond acceptors (Lipinski definition) is 3. The van der Waals surface area contributed by atoms with Gasteiger partial charge < -0.3 is 5.32 Å². The minimum absolute atomic E-state index is 0.189. The third-order valence-electron chi connectivity index (χ3n) is 3.67. The summed E-state index contributed by atoms with van der Waals surface area (Å²) in [5, 5.41) is 7.54. The lowest BCUT2D eigenvalue weighted by atomic mass is 9.95. The number of hydrazone groups is 1. The maximum absolute atomic E-state index is 11.8. The molecule has 2 N–H and O–H groups in total. The Morgan fingerprint density at radius 1 is 1.13 bits per heavy atom. The van der Waals surface area contributed by atoms with Gasteiger partial charge in [0, 0.05) is 11.6 Å². The zero-order chi connectivity index (χ0) is 16.7. The molecule has 5 nitrogen and oxygen atoms in total. The molecule has 7 heteroatoms. The number of carbonyl (C=O) groups excluding carboxylic acids is 2. The van der Waals surface area contributed by atoms with Gasteiger partial charge in [-0.1, -0.05) is 48.5 Å². The van der Waals surface area contributed by atoms with Crippen molar-refractivity contribution in [2.24, 2.45) is 5.10 Å². The number of benzene rings is 1. The number of rotatable bonds is 5. The Hall–Kier alpha value is -1.59. The quantitative estimate of drug-likeness (QED) is 0.483. The molecule has 124 valence electrons. The fourth-order valence-corrected chi connectivity index (χ4v) is 3.01. The molecule has 0 aromatic heterocycles. The van der Waals surface area contributed by atoms with Gasteiger partial charge in [0.25, 0.3) is 0 Å². The maximum Gasteiger partial charge on any atom is 0.249 e. The van der Waals surface area contributed by atoms with Gasteiger partial charge in [-0.05, 0) is 25.0 Å². The molecule has 0 bridgehead atoms. The number of nitrogens with zero attached hydrogens (tertiary/aromatic N) is 1. The van der Waals surface area contributed by atoms with Crippen molar-refractivity contribution < 1.29 is 9.59 Å². The van der Waals surface area contributed by atoms with E-state index in [4.69, 9.17) is 23.2 Å². The first-order valence-corrected chi connectivity index (χ1v) is 8.37. The van der Waals surface area contributed by atoms with E-state index < -0.39 is 5.91 Å². The van der Waals surface area contributed by atoms with Crippen molar-refractivity contribution in [1.29, 1.82) is 0 Å². The number of hydrogen-bond donors (Lipinski definition) is 2. The zero-order valence-corrected chi connectivity index (χ0v) is 14.2. The second-order valence-corrected chi connectivity index (χ2v) is 6.32. The first-order chi connectivity index (χ1) is 11.1. The van der Waals surface area contributed by atoms with Crippen LogP contribution in [0.4, 0.5) is 0 Å². The third-order valence-corrected chi connectivity index (χ3v) is 4.33. The lowest BCUT2D eigenvalue weighted by molar-refractivity contribution is -0.129. The summed E-state index contributed by atoms with van der Waals surface area (Å²) in [4.78, 5) is 23.5. The summed E-state index contributed by atoms with van der Waals surface area (Å²) >= 11 is 12.0. The first kappa shape index (κ1) is 17.8. The van der Waals surface area contributed by atoms with Crippen LogP contribution in [-0.2, 0) is 9.59 Å². The molecular formula is C16H19Cl2N3O2. The van der Waals surface area contributed by atoms with E-state index in [1.807, 2.05) is 0 Å². The second kappa shape index (κ2) is 8.89. The van der Waals surface area contributed by atoms with Crippen LogP contribution in [0.3, 0.4) is 0 Å². The molecule has 0 heterocycles. The van der Waals surface area contributed by atoms with E-state index in [1.54, 1.807) is 18.2 Å². The van der Waals surface area contributed by atoms with Gasteiger partial charge >= 0.3 is 0 Å². The number of carbonyl (C=O) groups is 2. The van der Waals surface area contributed by atoms with Crippen molar-refractivity contribution in [3.63, 3.8) is 0 Å². The van der Waals surface area contributed by atoms with Gasteiger partial charge in [-0.2, -0.15) is 5.10 Å². The molecule has 1 aromatic carbocycles. The first-order valence-electron chi connectivity index (χ1n) is 7.61. The monoisotopic (exact) mass is 355 g/mol. The highest BCUT2D eigenvalue weighted by atomic mass is 35.5. The van der Waals surface area contributed by atoms with E-state index in [-0.39, 0.29) is 18.4 Å². The molecule has 1 fully saturated rings. The summed E-state index contributed by atoms with van der Waals surface area (Å²) in [6, 6.07) is 5.26. The Morgan fingerprint density at radius 2 is 1.78 bits per heavy atom. The number of amides is 2. The van der Waals surface area contributed by atoms with Crippen molar-refractivity contribution >= 4 is 41.2 Å². The van der Waals surface area contributed by atoms with Crippen LogP contribution in [0.1, 0.15) is 44.1 Å². The smallest absolute Gasteiger partial charge is 0.249 e. The Morgan fingerprint density at radius 3 is 2.43 bits per heavy atom. The van der Waals surface area contributed by atoms with E-state index in [9.17, 15) is 9.59 Å². The fraction of sp³-hybridized carbons (Fsp3) is 0.438. The van der Waals surface area contributed by atoms with Crippen molar-refractivity contribution in [1.82, 2.24) is 10.7 Å². The Labute approximate surface area is 145 Å². The summed E-state index contributed by atoms with van der Waals surface area (Å²) in [7, 11) is 0. The predicted molar refractivity (Wildman–Crippen MR) is 91.8 cm³/mol. The molecule has 1 aliphatic rings. The molecule has 1 aromatic rings. The molecule has 0 spiro atoms. The van der Waals surface area contributed by atoms with E-state index in [0.717, 1.165) is 25.7 Å². The van der Waals surface area contributed by atoms with Crippen molar-refractivity contribution in [2.75, 3.05) is 0 Å². The van der Waals surface area contributed by atoms with Crippen LogP contribution in [0.5, 0.6) is 0 Å². The Kier molecular flexibility index (Phi) is 6.86. The highest BCUT2D eigenvalue weighted by Gasteiger charge is 2.17. The van der Waals surface area contributed by atoms with E-state index >= 15 is 0 Å². The Balaban J connectivity index is 1.78. The van der Waals surface area contributed by atoms with Crippen molar-refractivity contribution in [3.8, 4) is 0 Å². The van der Waals surface area contributed by atoms with Crippen LogP contribution in [0.2, 0.25) is 10.0 Å². The average molecular weight is 356 g/mol. The summed E-state index contributed by atoms with van der Waals surface area (Å²) in [6.45, 7) is 0. The molecule has 0 aliphatic heterocycles. The van der Waals surface area contributed by atoms with Crippen molar-refractivity contribution in [3.05, 3.63) is 33.8 Å². The van der Waals surface area contributed by atoms with E-state index in [0.29, 0.717) is 15.6 Å². The summed E-state index contributed by atoms with van der Waals surface area (Å²) < 4.78 is 0. The zero-order valence-electron chi connectivity index (χ0n) is 12.6. The molecule has 0 saturated heterocycles. The minimum Gasteiger partial charge on any atom is -0.353 e. The summed E-state index contributed by atoms with van der Waals surface area (Å²) in [6.07, 6.45) is 6.55. The average Bonchev–Trinajstić information content (AvgIpc) is 2.51. The van der Waals surface area contributed by atoms with Crippen LogP contribution < -0.4 is 10.7 Å². The molecule has 2 amide bonds.